The molecule has 0 bridgehead atoms. The summed E-state index contributed by atoms with van der Waals surface area (Å²) >= 11 is 0. The van der Waals surface area contributed by atoms with Gasteiger partial charge in [0.15, 0.2) is 0 Å². The fourth-order valence-electron chi connectivity index (χ4n) is 3.64. The van der Waals surface area contributed by atoms with Crippen LogP contribution < -0.4 is 9.47 Å². The van der Waals surface area contributed by atoms with Crippen molar-refractivity contribution in [2.75, 3.05) is 40.0 Å². The second-order valence-electron chi connectivity index (χ2n) is 7.00. The van der Waals surface area contributed by atoms with Gasteiger partial charge < -0.3 is 19.1 Å². The highest BCUT2D eigenvalue weighted by atomic mass is 16.5. The van der Waals surface area contributed by atoms with Crippen molar-refractivity contribution in [1.29, 1.82) is 0 Å². The van der Waals surface area contributed by atoms with E-state index in [1.165, 1.54) is 5.56 Å². The Morgan fingerprint density at radius 2 is 2.11 bits per heavy atom. The van der Waals surface area contributed by atoms with Crippen molar-refractivity contribution < 1.29 is 19.0 Å². The number of methoxy groups -OCH3 is 1. The minimum absolute atomic E-state index is 0.0549. The summed E-state index contributed by atoms with van der Waals surface area (Å²) in [6.45, 7) is 3.14. The summed E-state index contributed by atoms with van der Waals surface area (Å²) in [6.07, 6.45) is 3.45. The molecule has 0 saturated carbocycles. The molecule has 142 valence electrons. The van der Waals surface area contributed by atoms with Crippen LogP contribution in [0.3, 0.4) is 0 Å². The normalized spacial score (nSPS) is 19.1. The van der Waals surface area contributed by atoms with Gasteiger partial charge in [-0.05, 0) is 36.6 Å². The zero-order valence-corrected chi connectivity index (χ0v) is 15.5. The molecule has 1 amide bonds. The van der Waals surface area contributed by atoms with Gasteiger partial charge in [0.25, 0.3) is 5.91 Å². The number of aromatic nitrogens is 1. The monoisotopic (exact) mass is 368 g/mol. The van der Waals surface area contributed by atoms with E-state index in [4.69, 9.17) is 14.2 Å². The van der Waals surface area contributed by atoms with Crippen LogP contribution in [0, 0.1) is 5.92 Å². The third-order valence-electron chi connectivity index (χ3n) is 5.12. The lowest BCUT2D eigenvalue weighted by molar-refractivity contribution is 0.0302. The number of amides is 1. The lowest BCUT2D eigenvalue weighted by Gasteiger charge is -2.27. The Balaban J connectivity index is 1.43. The molecule has 6 nitrogen and oxygen atoms in total. The Bertz CT molecular complexity index is 818. The molecule has 3 heterocycles. The number of carbonyl (C=O) groups excluding carboxylic acids is 1. The van der Waals surface area contributed by atoms with Crippen LogP contribution in [-0.2, 0) is 17.6 Å². The van der Waals surface area contributed by atoms with Gasteiger partial charge >= 0.3 is 0 Å². The van der Waals surface area contributed by atoms with Crippen molar-refractivity contribution in [3.8, 4) is 11.5 Å². The van der Waals surface area contributed by atoms with E-state index in [1.807, 2.05) is 23.1 Å². The highest BCUT2D eigenvalue weighted by molar-refractivity contribution is 5.94. The summed E-state index contributed by atoms with van der Waals surface area (Å²) < 4.78 is 16.5. The smallest absolute Gasteiger partial charge is 0.254 e. The van der Waals surface area contributed by atoms with Gasteiger partial charge in [0.1, 0.15) is 11.5 Å². The van der Waals surface area contributed by atoms with E-state index in [9.17, 15) is 4.79 Å². The number of carbonyl (C=O) groups is 1. The van der Waals surface area contributed by atoms with Crippen LogP contribution >= 0.6 is 0 Å². The van der Waals surface area contributed by atoms with Crippen molar-refractivity contribution in [2.45, 2.75) is 12.8 Å². The van der Waals surface area contributed by atoms with Crippen molar-refractivity contribution in [3.05, 3.63) is 53.3 Å². The number of ether oxygens (including phenoxy) is 3. The standard InChI is InChI=1S/C21H24N2O4/c1-25-19-3-2-16-10-15(14-27-20(16)13-19)11-18-12-17(4-5-22-18)21(24)23-6-8-26-9-7-23/h2-5,12-13,15H,6-11,14H2,1H3/t15-/m0/s1. The molecule has 6 heteroatoms. The molecule has 1 fully saturated rings. The third-order valence-corrected chi connectivity index (χ3v) is 5.12. The molecule has 2 aliphatic heterocycles. The summed E-state index contributed by atoms with van der Waals surface area (Å²) in [7, 11) is 1.66. The van der Waals surface area contributed by atoms with Crippen LogP contribution in [0.5, 0.6) is 11.5 Å². The van der Waals surface area contributed by atoms with Crippen LogP contribution in [0.15, 0.2) is 36.5 Å². The Kier molecular flexibility index (Phi) is 5.25. The molecule has 2 aromatic rings. The number of rotatable bonds is 4. The first-order chi connectivity index (χ1) is 13.2. The van der Waals surface area contributed by atoms with E-state index in [0.717, 1.165) is 30.0 Å². The number of hydrogen-bond donors (Lipinski definition) is 0. The number of hydrogen-bond acceptors (Lipinski definition) is 5. The fraction of sp³-hybridized carbons (Fsp3) is 0.429. The third kappa shape index (κ3) is 4.06. The van der Waals surface area contributed by atoms with Gasteiger partial charge in [-0.1, -0.05) is 6.07 Å². The molecule has 2 aliphatic rings. The quantitative estimate of drug-likeness (QED) is 0.829. The second kappa shape index (κ2) is 7.96. The van der Waals surface area contributed by atoms with Gasteiger partial charge in [-0.3, -0.25) is 9.78 Å². The van der Waals surface area contributed by atoms with Gasteiger partial charge in [0.05, 0.1) is 26.9 Å². The molecule has 4 rings (SSSR count). The van der Waals surface area contributed by atoms with Crippen LogP contribution in [-0.4, -0.2) is 55.8 Å². The van der Waals surface area contributed by atoms with Crippen LogP contribution in [0.25, 0.3) is 0 Å². The van der Waals surface area contributed by atoms with Gasteiger partial charge in [0, 0.05) is 42.5 Å². The summed E-state index contributed by atoms with van der Waals surface area (Å²) in [4.78, 5) is 19.0. The van der Waals surface area contributed by atoms with E-state index in [-0.39, 0.29) is 5.91 Å². The molecule has 1 aromatic heterocycles. The molecular formula is C21H24N2O4. The summed E-state index contributed by atoms with van der Waals surface area (Å²) in [6, 6.07) is 9.67. The average molecular weight is 368 g/mol. The number of morpholine rings is 1. The number of nitrogens with zero attached hydrogens (tertiary/aromatic N) is 2. The first-order valence-electron chi connectivity index (χ1n) is 9.34. The first kappa shape index (κ1) is 17.8. The molecule has 0 radical (unpaired) electrons. The lowest BCUT2D eigenvalue weighted by atomic mass is 9.92. The van der Waals surface area contributed by atoms with E-state index >= 15 is 0 Å². The van der Waals surface area contributed by atoms with Crippen molar-refractivity contribution in [2.24, 2.45) is 5.92 Å². The topological polar surface area (TPSA) is 60.9 Å². The zero-order chi connectivity index (χ0) is 18.6. The molecule has 0 unspecified atom stereocenters. The molecule has 1 aromatic carbocycles. The summed E-state index contributed by atoms with van der Waals surface area (Å²) in [5.74, 6) is 2.10. The van der Waals surface area contributed by atoms with Crippen molar-refractivity contribution in [1.82, 2.24) is 9.88 Å². The predicted molar refractivity (Wildman–Crippen MR) is 100 cm³/mol. The van der Waals surface area contributed by atoms with Crippen molar-refractivity contribution in [3.63, 3.8) is 0 Å². The van der Waals surface area contributed by atoms with Crippen LogP contribution in [0.4, 0.5) is 0 Å². The van der Waals surface area contributed by atoms with E-state index in [1.54, 1.807) is 19.4 Å². The Morgan fingerprint density at radius 1 is 1.26 bits per heavy atom. The Labute approximate surface area is 159 Å². The van der Waals surface area contributed by atoms with Crippen molar-refractivity contribution >= 4 is 5.91 Å². The average Bonchev–Trinajstić information content (AvgIpc) is 2.73. The lowest BCUT2D eigenvalue weighted by Crippen LogP contribution is -2.40. The minimum Gasteiger partial charge on any atom is -0.497 e. The van der Waals surface area contributed by atoms with Gasteiger partial charge in [0.2, 0.25) is 0 Å². The van der Waals surface area contributed by atoms with Gasteiger partial charge in [-0.2, -0.15) is 0 Å². The second-order valence-corrected chi connectivity index (χ2v) is 7.00. The maximum atomic E-state index is 12.7. The van der Waals surface area contributed by atoms with E-state index in [2.05, 4.69) is 11.1 Å². The summed E-state index contributed by atoms with van der Waals surface area (Å²) in [5.41, 5.74) is 2.82. The van der Waals surface area contributed by atoms with Gasteiger partial charge in [-0.25, -0.2) is 0 Å². The molecular weight excluding hydrogens is 344 g/mol. The Hall–Kier alpha value is -2.60. The molecule has 0 aliphatic carbocycles. The molecule has 27 heavy (non-hydrogen) atoms. The van der Waals surface area contributed by atoms with Crippen LogP contribution in [0.2, 0.25) is 0 Å². The highest BCUT2D eigenvalue weighted by Gasteiger charge is 2.23. The summed E-state index contributed by atoms with van der Waals surface area (Å²) in [5, 5.41) is 0. The highest BCUT2D eigenvalue weighted by Crippen LogP contribution is 2.32. The Morgan fingerprint density at radius 3 is 2.93 bits per heavy atom. The maximum Gasteiger partial charge on any atom is 0.254 e. The van der Waals surface area contributed by atoms with Crippen LogP contribution in [0.1, 0.15) is 21.6 Å². The zero-order valence-electron chi connectivity index (χ0n) is 15.5. The molecule has 0 N–H and O–H groups in total. The largest absolute Gasteiger partial charge is 0.497 e. The minimum atomic E-state index is 0.0549. The number of fused-ring (bicyclic) bond motifs is 1. The maximum absolute atomic E-state index is 12.7. The molecule has 1 saturated heterocycles. The number of pyridine rings is 1. The predicted octanol–water partition coefficient (Wildman–Crippen LogP) is 2.36. The molecule has 0 spiro atoms. The van der Waals surface area contributed by atoms with E-state index in [0.29, 0.717) is 44.4 Å². The first-order valence-corrected chi connectivity index (χ1v) is 9.34. The number of benzene rings is 1. The van der Waals surface area contributed by atoms with E-state index < -0.39 is 0 Å². The van der Waals surface area contributed by atoms with Gasteiger partial charge in [-0.15, -0.1) is 0 Å². The molecule has 1 atom stereocenters. The fourth-order valence-corrected chi connectivity index (χ4v) is 3.64. The SMILES string of the molecule is COc1ccc2c(c1)OC[C@H](Cc1cc(C(=O)N3CCOCC3)ccn1)C2.